The lowest BCUT2D eigenvalue weighted by molar-refractivity contribution is -0.145. The van der Waals surface area contributed by atoms with E-state index in [1.165, 1.54) is 83.5 Å². The topological polar surface area (TPSA) is 90.9 Å². The average Bonchev–Trinajstić information content (AvgIpc) is 3.06. The Hall–Kier alpha value is -0.520. The molecule has 0 unspecified atom stereocenters. The van der Waals surface area contributed by atoms with Gasteiger partial charge in [-0.25, -0.2) is 0 Å². The van der Waals surface area contributed by atoms with Crippen molar-refractivity contribution in [2.24, 2.45) is 0 Å². The summed E-state index contributed by atoms with van der Waals surface area (Å²) in [6.45, 7) is 10.1. The highest BCUT2D eigenvalue weighted by molar-refractivity contribution is 6.17. The van der Waals surface area contributed by atoms with Crippen molar-refractivity contribution >= 4 is 17.6 Å². The molecule has 0 amide bonds. The van der Waals surface area contributed by atoms with Gasteiger partial charge in [0.2, 0.25) is 0 Å². The highest BCUT2D eigenvalue weighted by Crippen LogP contribution is 2.13. The zero-order valence-corrected chi connectivity index (χ0v) is 30.3. The molecule has 0 bridgehead atoms. The summed E-state index contributed by atoms with van der Waals surface area (Å²) in [6, 6.07) is 0. The van der Waals surface area contributed by atoms with Crippen LogP contribution in [0.1, 0.15) is 122 Å². The monoisotopic (exact) mass is 682 g/mol. The molecule has 0 saturated heterocycles. The number of ether oxygens (including phenoxy) is 8. The number of carbonyl (C=O) groups excluding carboxylic acids is 1. The van der Waals surface area contributed by atoms with Crippen molar-refractivity contribution in [3.8, 4) is 0 Å². The maximum Gasteiger partial charge on any atom is 0.305 e. The van der Waals surface area contributed by atoms with Crippen LogP contribution in [0.2, 0.25) is 0 Å². The molecule has 0 aliphatic carbocycles. The Kier molecular flexibility index (Phi) is 42.0. The Morgan fingerprint density at radius 2 is 0.674 bits per heavy atom. The van der Waals surface area contributed by atoms with Gasteiger partial charge in [0.15, 0.2) is 0 Å². The van der Waals surface area contributed by atoms with Gasteiger partial charge in [-0.15, -0.1) is 11.6 Å². The molecule has 0 aromatic rings. The predicted molar refractivity (Wildman–Crippen MR) is 186 cm³/mol. The van der Waals surface area contributed by atoms with E-state index in [-0.39, 0.29) is 5.97 Å². The van der Waals surface area contributed by atoms with E-state index in [9.17, 15) is 4.79 Å². The summed E-state index contributed by atoms with van der Waals surface area (Å²) in [5.41, 5.74) is 0. The van der Waals surface area contributed by atoms with Crippen LogP contribution in [0.5, 0.6) is 0 Å². The normalized spacial score (nSPS) is 11.4. The summed E-state index contributed by atoms with van der Waals surface area (Å²) in [5.74, 6) is 0.619. The maximum atomic E-state index is 11.8. The van der Waals surface area contributed by atoms with Gasteiger partial charge in [0, 0.05) is 18.9 Å². The second-order valence-electron chi connectivity index (χ2n) is 11.6. The van der Waals surface area contributed by atoms with Gasteiger partial charge in [0.1, 0.15) is 6.61 Å². The van der Waals surface area contributed by atoms with E-state index in [0.717, 1.165) is 38.2 Å². The fourth-order valence-electron chi connectivity index (χ4n) is 4.65. The summed E-state index contributed by atoms with van der Waals surface area (Å²) in [5, 5.41) is 0. The number of unbranched alkanes of at least 4 members (excludes halogenated alkanes) is 15. The molecule has 0 aliphatic heterocycles. The molecule has 46 heavy (non-hydrogen) atoms. The van der Waals surface area contributed by atoms with E-state index >= 15 is 0 Å². The van der Waals surface area contributed by atoms with Crippen LogP contribution in [0.4, 0.5) is 0 Å². The van der Waals surface area contributed by atoms with Crippen molar-refractivity contribution in [2.75, 3.05) is 105 Å². The molecular weight excluding hydrogens is 612 g/mol. The van der Waals surface area contributed by atoms with Gasteiger partial charge in [0.25, 0.3) is 0 Å². The van der Waals surface area contributed by atoms with Gasteiger partial charge in [-0.1, -0.05) is 96.8 Å². The largest absolute Gasteiger partial charge is 0.463 e. The van der Waals surface area contributed by atoms with Gasteiger partial charge < -0.3 is 37.9 Å². The first kappa shape index (κ1) is 45.5. The Bertz CT molecular complexity index is 572. The molecule has 9 nitrogen and oxygen atoms in total. The van der Waals surface area contributed by atoms with E-state index in [1.54, 1.807) is 0 Å². The van der Waals surface area contributed by atoms with E-state index in [0.29, 0.717) is 98.9 Å². The minimum atomic E-state index is -0.126. The quantitative estimate of drug-likeness (QED) is 0.0362. The van der Waals surface area contributed by atoms with Crippen molar-refractivity contribution in [1.82, 2.24) is 0 Å². The molecule has 0 spiro atoms. The Morgan fingerprint density at radius 1 is 0.370 bits per heavy atom. The van der Waals surface area contributed by atoms with Crippen LogP contribution in [-0.4, -0.2) is 111 Å². The van der Waals surface area contributed by atoms with Gasteiger partial charge in [0.05, 0.1) is 85.9 Å². The molecule has 0 fully saturated rings. The summed E-state index contributed by atoms with van der Waals surface area (Å²) in [6.07, 6.45) is 21.9. The van der Waals surface area contributed by atoms with Crippen molar-refractivity contribution in [1.29, 1.82) is 0 Å². The highest BCUT2D eigenvalue weighted by atomic mass is 35.5. The number of carbonyl (C=O) groups is 1. The van der Waals surface area contributed by atoms with Crippen LogP contribution in [0.15, 0.2) is 0 Å². The Morgan fingerprint density at radius 3 is 1.07 bits per heavy atom. The molecular formula is C36H71ClO9. The molecule has 276 valence electrons. The fourth-order valence-corrected chi connectivity index (χ4v) is 4.84. The molecule has 0 N–H and O–H groups in total. The summed E-state index contributed by atoms with van der Waals surface area (Å²) in [7, 11) is 0. The lowest BCUT2D eigenvalue weighted by Crippen LogP contribution is -2.15. The van der Waals surface area contributed by atoms with Crippen LogP contribution in [0, 0.1) is 0 Å². The second-order valence-corrected chi connectivity index (χ2v) is 12.0. The van der Waals surface area contributed by atoms with Crippen LogP contribution in [0.3, 0.4) is 0 Å². The lowest BCUT2D eigenvalue weighted by atomic mass is 10.0. The SMILES string of the molecule is CCCCCCCCCCCCCCCC(=O)OCCOCCOCCOCCOCCOCCOCCOCCCCCCCl. The van der Waals surface area contributed by atoms with Crippen molar-refractivity contribution < 1.29 is 42.7 Å². The van der Waals surface area contributed by atoms with Gasteiger partial charge in [-0.3, -0.25) is 4.79 Å². The smallest absolute Gasteiger partial charge is 0.305 e. The van der Waals surface area contributed by atoms with Crippen LogP contribution in [-0.2, 0) is 42.7 Å². The standard InChI is InChI=1S/C36H71ClO9/c1-2-3-4-5-6-7-8-9-10-11-12-13-16-19-36(38)46-35-34-45-33-32-44-31-30-43-29-28-42-27-26-41-25-24-40-23-22-39-21-18-15-14-17-20-37/h2-35H2,1H3. The minimum Gasteiger partial charge on any atom is -0.463 e. The zero-order valence-electron chi connectivity index (χ0n) is 29.6. The van der Waals surface area contributed by atoms with Crippen LogP contribution in [0.25, 0.3) is 0 Å². The number of halogens is 1. The molecule has 0 rings (SSSR count). The van der Waals surface area contributed by atoms with Crippen LogP contribution >= 0.6 is 11.6 Å². The maximum absolute atomic E-state index is 11.8. The Balaban J connectivity index is 3.12. The minimum absolute atomic E-state index is 0.126. The van der Waals surface area contributed by atoms with Crippen molar-refractivity contribution in [3.05, 3.63) is 0 Å². The number of alkyl halides is 1. The van der Waals surface area contributed by atoms with E-state index < -0.39 is 0 Å². The third-order valence-corrected chi connectivity index (χ3v) is 7.65. The molecule has 0 saturated carbocycles. The average molecular weight is 683 g/mol. The lowest BCUT2D eigenvalue weighted by Gasteiger charge is -2.09. The number of hydrogen-bond donors (Lipinski definition) is 0. The molecule has 0 aliphatic rings. The first-order valence-corrected chi connectivity index (χ1v) is 19.1. The molecule has 0 heterocycles. The zero-order chi connectivity index (χ0) is 33.3. The van der Waals surface area contributed by atoms with Gasteiger partial charge in [-0.2, -0.15) is 0 Å². The number of hydrogen-bond acceptors (Lipinski definition) is 9. The van der Waals surface area contributed by atoms with E-state index in [2.05, 4.69) is 6.92 Å². The third kappa shape index (κ3) is 41.5. The molecule has 10 heteroatoms. The molecule has 0 atom stereocenters. The fraction of sp³-hybridized carbons (Fsp3) is 0.972. The van der Waals surface area contributed by atoms with E-state index in [4.69, 9.17) is 49.5 Å². The first-order chi connectivity index (χ1) is 22.8. The highest BCUT2D eigenvalue weighted by Gasteiger charge is 2.03. The Labute approximate surface area is 287 Å². The second kappa shape index (κ2) is 42.5. The van der Waals surface area contributed by atoms with Crippen LogP contribution < -0.4 is 0 Å². The number of rotatable bonds is 41. The first-order valence-electron chi connectivity index (χ1n) is 18.6. The number of esters is 1. The van der Waals surface area contributed by atoms with Crippen molar-refractivity contribution in [3.63, 3.8) is 0 Å². The molecule has 0 radical (unpaired) electrons. The van der Waals surface area contributed by atoms with E-state index in [1.807, 2.05) is 0 Å². The molecule has 0 aromatic heterocycles. The van der Waals surface area contributed by atoms with Crippen molar-refractivity contribution in [2.45, 2.75) is 122 Å². The third-order valence-electron chi connectivity index (χ3n) is 7.38. The summed E-state index contributed by atoms with van der Waals surface area (Å²) in [4.78, 5) is 11.8. The van der Waals surface area contributed by atoms with Gasteiger partial charge in [-0.05, 0) is 19.3 Å². The van der Waals surface area contributed by atoms with Gasteiger partial charge >= 0.3 is 5.97 Å². The summed E-state index contributed by atoms with van der Waals surface area (Å²) < 4.78 is 43.7. The molecule has 0 aromatic carbocycles. The predicted octanol–water partition coefficient (Wildman–Crippen LogP) is 7.93. The summed E-state index contributed by atoms with van der Waals surface area (Å²) >= 11 is 5.66.